The van der Waals surface area contributed by atoms with Gasteiger partial charge in [0.25, 0.3) is 0 Å². The number of phosphoric acid groups is 1. The lowest BCUT2D eigenvalue weighted by atomic mass is 10.1. The molecule has 2 aromatic heterocycles. The Bertz CT molecular complexity index is 922. The average molecular weight is 460 g/mol. The van der Waals surface area contributed by atoms with Gasteiger partial charge in [0.05, 0.1) is 12.9 Å². The van der Waals surface area contributed by atoms with Gasteiger partial charge in [-0.2, -0.15) is 9.97 Å². The first-order chi connectivity index (χ1) is 14.8. The summed E-state index contributed by atoms with van der Waals surface area (Å²) in [6.45, 7) is 2.29. The third-order valence-corrected chi connectivity index (χ3v) is 5.55. The number of hydrogen-bond acceptors (Lipinski definition) is 10. The number of methoxy groups -OCH3 is 1. The molecule has 0 aromatic carbocycles. The Kier molecular flexibility index (Phi) is 7.81. The van der Waals surface area contributed by atoms with Crippen molar-refractivity contribution in [1.29, 1.82) is 0 Å². The smallest absolute Gasteiger partial charge is 0.394 e. The number of aliphatic hydroxyl groups is 1. The summed E-state index contributed by atoms with van der Waals surface area (Å²) in [5.41, 5.74) is 6.74. The Morgan fingerprint density at radius 1 is 1.29 bits per heavy atom. The maximum atomic E-state index is 11.4. The highest BCUT2D eigenvalue weighted by molar-refractivity contribution is 7.46. The number of imidazole rings is 1. The zero-order valence-electron chi connectivity index (χ0n) is 17.4. The van der Waals surface area contributed by atoms with Gasteiger partial charge in [0.2, 0.25) is 5.95 Å². The molecule has 3 rings (SSSR count). The molecule has 0 bridgehead atoms. The molecule has 14 heteroatoms. The number of anilines is 2. The molecule has 1 aliphatic heterocycles. The zero-order chi connectivity index (χ0) is 22.6. The number of nitrogen functional groups attached to an aromatic ring is 1. The Balaban J connectivity index is 1.88. The van der Waals surface area contributed by atoms with Crippen LogP contribution in [0.25, 0.3) is 11.2 Å². The highest BCUT2D eigenvalue weighted by Crippen LogP contribution is 2.45. The second-order valence-electron chi connectivity index (χ2n) is 7.25. The number of aromatic nitrogens is 4. The molecular formula is C17H29N6O7P. The molecule has 2 aromatic rings. The third kappa shape index (κ3) is 5.50. The lowest BCUT2D eigenvalue weighted by Crippen LogP contribution is -2.36. The Hall–Kier alpha value is -1.86. The Morgan fingerprint density at radius 2 is 2.06 bits per heavy atom. The van der Waals surface area contributed by atoms with Crippen molar-refractivity contribution >= 4 is 30.8 Å². The summed E-state index contributed by atoms with van der Waals surface area (Å²) in [5.74, 6) is 0.505. The number of fused-ring (bicyclic) bond motifs is 1. The van der Waals surface area contributed by atoms with E-state index in [1.165, 1.54) is 18.0 Å². The van der Waals surface area contributed by atoms with Crippen LogP contribution >= 0.6 is 7.82 Å². The van der Waals surface area contributed by atoms with Crippen molar-refractivity contribution < 1.29 is 33.5 Å². The van der Waals surface area contributed by atoms with Crippen LogP contribution in [0.3, 0.4) is 0 Å². The molecule has 0 amide bonds. The standard InChI is InChI=1S/C17H29N6O7P/c1-3-4-5-6-7-19-17-21-14(18)11-15(22-17)23(9-20-11)16-13(28-2)12(10(8-24)29-16)30-31(25,26)27/h9-10,12-13,16,24H,3-8H2,1-2H3,(H2,25,26,27)(H3,18,19,21,22)/t10-,12-,13-,16-/m1/s1. The quantitative estimate of drug-likeness (QED) is 0.235. The van der Waals surface area contributed by atoms with Crippen molar-refractivity contribution in [3.8, 4) is 0 Å². The van der Waals surface area contributed by atoms with Crippen LogP contribution in [-0.2, 0) is 18.6 Å². The van der Waals surface area contributed by atoms with Crippen LogP contribution in [0.4, 0.5) is 11.8 Å². The summed E-state index contributed by atoms with van der Waals surface area (Å²) in [6.07, 6.45) is 1.64. The molecule has 0 spiro atoms. The molecule has 13 nitrogen and oxygen atoms in total. The highest BCUT2D eigenvalue weighted by Gasteiger charge is 2.49. The molecule has 4 atom stereocenters. The van der Waals surface area contributed by atoms with Gasteiger partial charge in [0.15, 0.2) is 17.7 Å². The van der Waals surface area contributed by atoms with E-state index in [1.807, 2.05) is 0 Å². The molecule has 0 unspecified atom stereocenters. The number of hydrogen-bond donors (Lipinski definition) is 5. The normalized spacial score (nSPS) is 24.2. The van der Waals surface area contributed by atoms with E-state index < -0.39 is 39.0 Å². The monoisotopic (exact) mass is 460 g/mol. The molecule has 31 heavy (non-hydrogen) atoms. The molecule has 1 saturated heterocycles. The summed E-state index contributed by atoms with van der Waals surface area (Å²) in [4.78, 5) is 31.4. The van der Waals surface area contributed by atoms with Crippen LogP contribution in [0.15, 0.2) is 6.33 Å². The first kappa shape index (κ1) is 23.8. The van der Waals surface area contributed by atoms with Crippen LogP contribution in [0.2, 0.25) is 0 Å². The number of nitrogens with two attached hydrogens (primary N) is 1. The number of unbranched alkanes of at least 4 members (excludes halogenated alkanes) is 3. The summed E-state index contributed by atoms with van der Waals surface area (Å²) in [5, 5.41) is 12.8. The summed E-state index contributed by atoms with van der Waals surface area (Å²) < 4.78 is 28.9. The van der Waals surface area contributed by atoms with Gasteiger partial charge in [-0.1, -0.05) is 26.2 Å². The Morgan fingerprint density at radius 3 is 2.71 bits per heavy atom. The first-order valence-electron chi connectivity index (χ1n) is 10.1. The zero-order valence-corrected chi connectivity index (χ0v) is 18.3. The van der Waals surface area contributed by atoms with Crippen LogP contribution < -0.4 is 11.1 Å². The summed E-state index contributed by atoms with van der Waals surface area (Å²) >= 11 is 0. The van der Waals surface area contributed by atoms with Crippen LogP contribution in [-0.4, -0.2) is 73.0 Å². The fourth-order valence-electron chi connectivity index (χ4n) is 3.57. The van der Waals surface area contributed by atoms with E-state index in [0.717, 1.165) is 25.7 Å². The van der Waals surface area contributed by atoms with E-state index in [1.54, 1.807) is 0 Å². The number of phosphoric ester groups is 1. The molecule has 3 heterocycles. The fraction of sp³-hybridized carbons (Fsp3) is 0.706. The predicted octanol–water partition coefficient (Wildman–Crippen LogP) is 0.783. The van der Waals surface area contributed by atoms with E-state index in [4.69, 9.17) is 19.7 Å². The first-order valence-corrected chi connectivity index (χ1v) is 11.6. The number of nitrogens with one attached hydrogen (secondary N) is 1. The van der Waals surface area contributed by atoms with Crippen molar-refractivity contribution in [3.05, 3.63) is 6.33 Å². The van der Waals surface area contributed by atoms with Crippen LogP contribution in [0, 0.1) is 0 Å². The van der Waals surface area contributed by atoms with Crippen molar-refractivity contribution in [2.24, 2.45) is 0 Å². The molecular weight excluding hydrogens is 431 g/mol. The minimum absolute atomic E-state index is 0.175. The summed E-state index contributed by atoms with van der Waals surface area (Å²) in [6, 6.07) is 0. The van der Waals surface area contributed by atoms with Gasteiger partial charge in [0.1, 0.15) is 23.8 Å². The van der Waals surface area contributed by atoms with Gasteiger partial charge >= 0.3 is 7.82 Å². The largest absolute Gasteiger partial charge is 0.470 e. The van der Waals surface area contributed by atoms with Gasteiger partial charge in [-0.05, 0) is 6.42 Å². The minimum Gasteiger partial charge on any atom is -0.394 e. The van der Waals surface area contributed by atoms with E-state index >= 15 is 0 Å². The third-order valence-electron chi connectivity index (χ3n) is 5.03. The van der Waals surface area contributed by atoms with E-state index in [9.17, 15) is 19.5 Å². The minimum atomic E-state index is -4.86. The van der Waals surface area contributed by atoms with Crippen molar-refractivity contribution in [1.82, 2.24) is 19.5 Å². The lowest BCUT2D eigenvalue weighted by Gasteiger charge is -2.23. The predicted molar refractivity (Wildman–Crippen MR) is 111 cm³/mol. The molecule has 0 radical (unpaired) electrons. The van der Waals surface area contributed by atoms with Crippen molar-refractivity contribution in [2.45, 2.75) is 57.1 Å². The molecule has 0 saturated carbocycles. The van der Waals surface area contributed by atoms with Gasteiger partial charge in [0, 0.05) is 13.7 Å². The molecule has 1 fully saturated rings. The van der Waals surface area contributed by atoms with Gasteiger partial charge in [-0.15, -0.1) is 0 Å². The van der Waals surface area contributed by atoms with Gasteiger partial charge in [-0.25, -0.2) is 9.55 Å². The molecule has 174 valence electrons. The SMILES string of the molecule is CCCCCCNc1nc(N)c2ncn([C@@H]3O[C@H](CO)[C@@H](OP(=O)(O)O)[C@H]3OC)c2n1. The average Bonchev–Trinajstić information content (AvgIpc) is 3.27. The van der Waals surface area contributed by atoms with Crippen molar-refractivity contribution in [2.75, 3.05) is 31.3 Å². The maximum Gasteiger partial charge on any atom is 0.470 e. The van der Waals surface area contributed by atoms with Crippen LogP contribution in [0.5, 0.6) is 0 Å². The number of rotatable bonds is 11. The van der Waals surface area contributed by atoms with E-state index in [2.05, 4.69) is 27.2 Å². The molecule has 6 N–H and O–H groups in total. The van der Waals surface area contributed by atoms with Gasteiger partial charge < -0.3 is 35.4 Å². The maximum absolute atomic E-state index is 11.4. The lowest BCUT2D eigenvalue weighted by molar-refractivity contribution is -0.0583. The van der Waals surface area contributed by atoms with Crippen LogP contribution in [0.1, 0.15) is 38.8 Å². The second kappa shape index (κ2) is 10.2. The number of aliphatic hydroxyl groups excluding tert-OH is 1. The van der Waals surface area contributed by atoms with E-state index in [-0.39, 0.29) is 5.82 Å². The topological polar surface area (TPSA) is 187 Å². The number of nitrogens with zero attached hydrogens (tertiary/aromatic N) is 4. The summed E-state index contributed by atoms with van der Waals surface area (Å²) in [7, 11) is -3.51. The van der Waals surface area contributed by atoms with Gasteiger partial charge in [-0.3, -0.25) is 9.09 Å². The highest BCUT2D eigenvalue weighted by atomic mass is 31.2. The van der Waals surface area contributed by atoms with E-state index in [0.29, 0.717) is 23.7 Å². The number of ether oxygens (including phenoxy) is 2. The molecule has 0 aliphatic carbocycles. The molecule has 1 aliphatic rings. The second-order valence-corrected chi connectivity index (χ2v) is 8.44. The Labute approximate surface area is 179 Å². The van der Waals surface area contributed by atoms with Crippen molar-refractivity contribution in [3.63, 3.8) is 0 Å². The fourth-order valence-corrected chi connectivity index (χ4v) is 4.14.